The van der Waals surface area contributed by atoms with E-state index in [1.807, 2.05) is 29.5 Å². The maximum absolute atomic E-state index is 12.6. The fourth-order valence-electron chi connectivity index (χ4n) is 2.97. The molecule has 0 radical (unpaired) electrons. The van der Waals surface area contributed by atoms with Crippen LogP contribution in [0.1, 0.15) is 43.4 Å². The molecule has 1 amide bonds. The molecule has 1 unspecified atom stereocenters. The molecule has 7 heteroatoms. The molecule has 1 aliphatic rings. The van der Waals surface area contributed by atoms with Gasteiger partial charge in [0.2, 0.25) is 5.91 Å². The number of imidazole rings is 1. The van der Waals surface area contributed by atoms with E-state index in [4.69, 9.17) is 0 Å². The lowest BCUT2D eigenvalue weighted by Crippen LogP contribution is -2.41. The summed E-state index contributed by atoms with van der Waals surface area (Å²) >= 11 is 0. The molecule has 21 heavy (non-hydrogen) atoms. The number of piperidine rings is 1. The van der Waals surface area contributed by atoms with Crippen LogP contribution in [0, 0.1) is 6.92 Å². The van der Waals surface area contributed by atoms with E-state index in [1.165, 1.54) is 6.33 Å². The van der Waals surface area contributed by atoms with Crippen LogP contribution in [0.4, 0.5) is 0 Å². The lowest BCUT2D eigenvalue weighted by molar-refractivity contribution is -0.135. The average Bonchev–Trinajstić information content (AvgIpc) is 3.17. The van der Waals surface area contributed by atoms with Gasteiger partial charge < -0.3 is 9.47 Å². The highest BCUT2D eigenvalue weighted by molar-refractivity contribution is 5.80. The standard InChI is InChI=1S/C14H20N6O/c1-10(20-8-5-15-11(20)2)14(21)19-6-3-12(4-7-19)13-16-9-17-18-13/h5,8-10,12H,3-4,6-7H2,1-2H3,(H,16,17,18). The molecule has 1 atom stereocenters. The highest BCUT2D eigenvalue weighted by Gasteiger charge is 2.28. The van der Waals surface area contributed by atoms with Crippen LogP contribution in [0.25, 0.3) is 0 Å². The molecule has 3 heterocycles. The minimum absolute atomic E-state index is 0.159. The van der Waals surface area contributed by atoms with Gasteiger partial charge in [0.05, 0.1) is 0 Å². The number of likely N-dealkylation sites (tertiary alicyclic amines) is 1. The predicted octanol–water partition coefficient (Wildman–Crippen LogP) is 1.28. The number of carbonyl (C=O) groups is 1. The molecule has 0 spiro atoms. The summed E-state index contributed by atoms with van der Waals surface area (Å²) in [4.78, 5) is 22.9. The molecule has 1 N–H and O–H groups in total. The molecule has 2 aromatic heterocycles. The van der Waals surface area contributed by atoms with Crippen LogP contribution in [0.15, 0.2) is 18.7 Å². The lowest BCUT2D eigenvalue weighted by Gasteiger charge is -2.33. The number of H-pyrrole nitrogens is 1. The number of nitrogens with zero attached hydrogens (tertiary/aromatic N) is 5. The number of rotatable bonds is 3. The van der Waals surface area contributed by atoms with Gasteiger partial charge in [-0.1, -0.05) is 0 Å². The first-order valence-electron chi connectivity index (χ1n) is 7.30. The van der Waals surface area contributed by atoms with Crippen molar-refractivity contribution in [1.82, 2.24) is 29.6 Å². The van der Waals surface area contributed by atoms with E-state index in [2.05, 4.69) is 20.2 Å². The second-order valence-corrected chi connectivity index (χ2v) is 5.53. The first-order chi connectivity index (χ1) is 10.2. The Morgan fingerprint density at radius 2 is 2.14 bits per heavy atom. The summed E-state index contributed by atoms with van der Waals surface area (Å²) in [5, 5.41) is 6.82. The van der Waals surface area contributed by atoms with Crippen LogP contribution in [0.3, 0.4) is 0 Å². The lowest BCUT2D eigenvalue weighted by atomic mass is 9.96. The van der Waals surface area contributed by atoms with Crippen molar-refractivity contribution in [3.05, 3.63) is 30.4 Å². The van der Waals surface area contributed by atoms with Gasteiger partial charge in [0, 0.05) is 31.4 Å². The Labute approximate surface area is 123 Å². The van der Waals surface area contributed by atoms with Gasteiger partial charge >= 0.3 is 0 Å². The number of hydrogen-bond acceptors (Lipinski definition) is 4. The monoisotopic (exact) mass is 288 g/mol. The van der Waals surface area contributed by atoms with Crippen LogP contribution in [-0.2, 0) is 4.79 Å². The van der Waals surface area contributed by atoms with Crippen molar-refractivity contribution >= 4 is 5.91 Å². The van der Waals surface area contributed by atoms with Gasteiger partial charge in [-0.2, -0.15) is 5.10 Å². The maximum atomic E-state index is 12.6. The van der Waals surface area contributed by atoms with Gasteiger partial charge in [-0.3, -0.25) is 9.89 Å². The van der Waals surface area contributed by atoms with Crippen molar-refractivity contribution in [3.8, 4) is 0 Å². The van der Waals surface area contributed by atoms with E-state index in [1.54, 1.807) is 6.20 Å². The van der Waals surface area contributed by atoms with Crippen molar-refractivity contribution in [1.29, 1.82) is 0 Å². The minimum Gasteiger partial charge on any atom is -0.341 e. The van der Waals surface area contributed by atoms with E-state index in [-0.39, 0.29) is 11.9 Å². The molecule has 112 valence electrons. The van der Waals surface area contributed by atoms with Gasteiger partial charge in [0.25, 0.3) is 0 Å². The molecule has 0 saturated carbocycles. The Balaban J connectivity index is 1.61. The molecular formula is C14H20N6O. The van der Waals surface area contributed by atoms with Crippen molar-refractivity contribution < 1.29 is 4.79 Å². The van der Waals surface area contributed by atoms with Crippen molar-refractivity contribution in [2.24, 2.45) is 0 Å². The zero-order chi connectivity index (χ0) is 14.8. The van der Waals surface area contributed by atoms with Gasteiger partial charge in [-0.15, -0.1) is 0 Å². The Kier molecular flexibility index (Phi) is 3.72. The smallest absolute Gasteiger partial charge is 0.245 e. The van der Waals surface area contributed by atoms with Gasteiger partial charge in [-0.05, 0) is 26.7 Å². The molecule has 2 aromatic rings. The number of amides is 1. The Morgan fingerprint density at radius 1 is 1.38 bits per heavy atom. The summed E-state index contributed by atoms with van der Waals surface area (Å²) in [6.45, 7) is 5.38. The number of nitrogens with one attached hydrogen (secondary N) is 1. The third-order valence-electron chi connectivity index (χ3n) is 4.26. The zero-order valence-electron chi connectivity index (χ0n) is 12.4. The Bertz CT molecular complexity index is 597. The van der Waals surface area contributed by atoms with Crippen molar-refractivity contribution in [2.75, 3.05) is 13.1 Å². The second-order valence-electron chi connectivity index (χ2n) is 5.53. The van der Waals surface area contributed by atoms with Crippen molar-refractivity contribution in [2.45, 2.75) is 38.6 Å². The van der Waals surface area contributed by atoms with Gasteiger partial charge in [-0.25, -0.2) is 9.97 Å². The largest absolute Gasteiger partial charge is 0.341 e. The highest BCUT2D eigenvalue weighted by atomic mass is 16.2. The van der Waals surface area contributed by atoms with Gasteiger partial charge in [0.15, 0.2) is 0 Å². The Hall–Kier alpha value is -2.18. The first-order valence-corrected chi connectivity index (χ1v) is 7.30. The van der Waals surface area contributed by atoms with Crippen molar-refractivity contribution in [3.63, 3.8) is 0 Å². The molecule has 3 rings (SSSR count). The molecule has 1 aliphatic heterocycles. The number of hydrogen-bond donors (Lipinski definition) is 1. The van der Waals surface area contributed by atoms with E-state index in [0.717, 1.165) is 37.6 Å². The van der Waals surface area contributed by atoms with Crippen LogP contribution in [-0.4, -0.2) is 48.6 Å². The van der Waals surface area contributed by atoms with Crippen LogP contribution < -0.4 is 0 Å². The summed E-state index contributed by atoms with van der Waals surface area (Å²) in [6.07, 6.45) is 6.98. The quantitative estimate of drug-likeness (QED) is 0.922. The minimum atomic E-state index is -0.200. The SMILES string of the molecule is Cc1nccn1C(C)C(=O)N1CCC(c2ncn[nH]2)CC1. The molecular weight excluding hydrogens is 268 g/mol. The maximum Gasteiger partial charge on any atom is 0.245 e. The second kappa shape index (κ2) is 5.67. The summed E-state index contributed by atoms with van der Waals surface area (Å²) in [5.74, 6) is 2.34. The summed E-state index contributed by atoms with van der Waals surface area (Å²) < 4.78 is 1.92. The highest BCUT2D eigenvalue weighted by Crippen LogP contribution is 2.26. The van der Waals surface area contributed by atoms with Crippen LogP contribution >= 0.6 is 0 Å². The fourth-order valence-corrected chi connectivity index (χ4v) is 2.97. The number of aromatic nitrogens is 5. The molecule has 0 bridgehead atoms. The van der Waals surface area contributed by atoms with Crippen LogP contribution in [0.2, 0.25) is 0 Å². The first kappa shape index (κ1) is 13.8. The van der Waals surface area contributed by atoms with Gasteiger partial charge in [0.1, 0.15) is 24.0 Å². The summed E-state index contributed by atoms with van der Waals surface area (Å²) in [5.41, 5.74) is 0. The normalized spacial score (nSPS) is 17.9. The van der Waals surface area contributed by atoms with E-state index in [0.29, 0.717) is 5.92 Å². The topological polar surface area (TPSA) is 79.7 Å². The number of aryl methyl sites for hydroxylation is 1. The molecule has 0 aliphatic carbocycles. The molecule has 1 saturated heterocycles. The average molecular weight is 288 g/mol. The third-order valence-corrected chi connectivity index (χ3v) is 4.26. The molecule has 7 nitrogen and oxygen atoms in total. The predicted molar refractivity (Wildman–Crippen MR) is 76.6 cm³/mol. The Morgan fingerprint density at radius 3 is 2.71 bits per heavy atom. The molecule has 1 fully saturated rings. The summed E-state index contributed by atoms with van der Waals surface area (Å²) in [7, 11) is 0. The van der Waals surface area contributed by atoms with E-state index >= 15 is 0 Å². The van der Waals surface area contributed by atoms with E-state index < -0.39 is 0 Å². The fraction of sp³-hybridized carbons (Fsp3) is 0.571. The van der Waals surface area contributed by atoms with E-state index in [9.17, 15) is 4.79 Å². The zero-order valence-corrected chi connectivity index (χ0v) is 12.4. The summed E-state index contributed by atoms with van der Waals surface area (Å²) in [6, 6.07) is -0.200. The van der Waals surface area contributed by atoms with Crippen LogP contribution in [0.5, 0.6) is 0 Å². The third kappa shape index (κ3) is 2.68. The number of carbonyl (C=O) groups excluding carboxylic acids is 1. The molecule has 0 aromatic carbocycles. The number of aromatic amines is 1.